The molecule has 1 saturated heterocycles. The van der Waals surface area contributed by atoms with Gasteiger partial charge in [-0.3, -0.25) is 9.69 Å². The molecule has 0 spiro atoms. The molecule has 6 nitrogen and oxygen atoms in total. The third-order valence-corrected chi connectivity index (χ3v) is 5.38. The van der Waals surface area contributed by atoms with Crippen LogP contribution >= 0.6 is 0 Å². The van der Waals surface area contributed by atoms with Crippen molar-refractivity contribution in [1.29, 1.82) is 0 Å². The van der Waals surface area contributed by atoms with Crippen LogP contribution in [0.3, 0.4) is 0 Å². The fourth-order valence-electron chi connectivity index (χ4n) is 3.57. The number of amides is 1. The van der Waals surface area contributed by atoms with Gasteiger partial charge >= 0.3 is 0 Å². The summed E-state index contributed by atoms with van der Waals surface area (Å²) in [6.45, 7) is 2.57. The Hall–Kier alpha value is -3.48. The third kappa shape index (κ3) is 4.10. The zero-order valence-corrected chi connectivity index (χ0v) is 16.7. The average Bonchev–Trinajstić information content (AvgIpc) is 3.22. The maximum Gasteiger partial charge on any atom is 0.253 e. The number of aliphatic imine (C=N–C) groups is 1. The van der Waals surface area contributed by atoms with E-state index in [4.69, 9.17) is 10.3 Å². The largest absolute Gasteiger partial charge is 0.369 e. The van der Waals surface area contributed by atoms with Gasteiger partial charge in [0.05, 0.1) is 5.69 Å². The van der Waals surface area contributed by atoms with E-state index in [0.29, 0.717) is 24.2 Å². The molecule has 1 amide bonds. The molecule has 30 heavy (non-hydrogen) atoms. The van der Waals surface area contributed by atoms with Gasteiger partial charge in [-0.25, -0.2) is 4.39 Å². The van der Waals surface area contributed by atoms with Gasteiger partial charge in [-0.1, -0.05) is 54.5 Å². The van der Waals surface area contributed by atoms with Gasteiger partial charge in [-0.05, 0) is 30.0 Å². The van der Waals surface area contributed by atoms with E-state index in [9.17, 15) is 9.18 Å². The highest BCUT2D eigenvalue weighted by atomic mass is 19.1. The summed E-state index contributed by atoms with van der Waals surface area (Å²) in [6.07, 6.45) is 2.27. The first-order valence-corrected chi connectivity index (χ1v) is 9.99. The van der Waals surface area contributed by atoms with E-state index in [-0.39, 0.29) is 29.5 Å². The van der Waals surface area contributed by atoms with Crippen molar-refractivity contribution < 1.29 is 13.7 Å². The highest BCUT2D eigenvalue weighted by Gasteiger charge is 2.22. The number of piperidine rings is 1. The Morgan fingerprint density at radius 2 is 1.97 bits per heavy atom. The summed E-state index contributed by atoms with van der Waals surface area (Å²) in [5.74, 6) is 0.0674. The second kappa shape index (κ2) is 8.49. The van der Waals surface area contributed by atoms with Crippen LogP contribution in [0.2, 0.25) is 0 Å². The van der Waals surface area contributed by atoms with Crippen molar-refractivity contribution in [1.82, 2.24) is 10.1 Å². The maximum absolute atomic E-state index is 14.0. The van der Waals surface area contributed by atoms with Crippen molar-refractivity contribution in [2.75, 3.05) is 6.54 Å². The number of likely N-dealkylation sites (tertiary alicyclic amines) is 1. The molecule has 0 radical (unpaired) electrons. The summed E-state index contributed by atoms with van der Waals surface area (Å²) in [4.78, 5) is 17.7. The summed E-state index contributed by atoms with van der Waals surface area (Å²) in [5, 5.41) is 4.10. The maximum atomic E-state index is 14.0. The number of guanidine groups is 1. The Kier molecular flexibility index (Phi) is 5.61. The number of carbonyl (C=O) groups excluding carboxylic acids is 1. The summed E-state index contributed by atoms with van der Waals surface area (Å²) < 4.78 is 19.3. The van der Waals surface area contributed by atoms with E-state index in [2.05, 4.69) is 10.1 Å². The lowest BCUT2D eigenvalue weighted by molar-refractivity contribution is -0.129. The Bertz CT molecular complexity index is 1070. The standard InChI is InChI=1S/C23H23FN4O2/c1-15(16-9-11-17(12-10-16)18-6-2-3-7-19(18)24)20-14-21(30-27-20)26-23(25)28-13-5-4-8-22(28)29/h2-3,6-7,9-12,14-15H,4-5,8,13H2,1H3,(H2,25,26). The van der Waals surface area contributed by atoms with Crippen LogP contribution in [0.5, 0.6) is 0 Å². The van der Waals surface area contributed by atoms with E-state index in [0.717, 1.165) is 24.0 Å². The Morgan fingerprint density at radius 3 is 2.70 bits per heavy atom. The molecule has 2 aromatic carbocycles. The van der Waals surface area contributed by atoms with Crippen molar-refractivity contribution in [3.8, 4) is 11.1 Å². The number of hydrogen-bond donors (Lipinski definition) is 1. The lowest BCUT2D eigenvalue weighted by Crippen LogP contribution is -2.44. The first-order chi connectivity index (χ1) is 14.5. The lowest BCUT2D eigenvalue weighted by Gasteiger charge is -2.25. The van der Waals surface area contributed by atoms with Crippen LogP contribution in [0.15, 0.2) is 64.1 Å². The molecule has 1 fully saturated rings. The van der Waals surface area contributed by atoms with Crippen LogP contribution in [0.4, 0.5) is 10.3 Å². The highest BCUT2D eigenvalue weighted by molar-refractivity contribution is 5.97. The van der Waals surface area contributed by atoms with Crippen molar-refractivity contribution in [3.63, 3.8) is 0 Å². The van der Waals surface area contributed by atoms with Crippen molar-refractivity contribution in [2.24, 2.45) is 10.7 Å². The van der Waals surface area contributed by atoms with Crippen LogP contribution in [0, 0.1) is 5.82 Å². The van der Waals surface area contributed by atoms with Gasteiger partial charge in [0.25, 0.3) is 5.88 Å². The van der Waals surface area contributed by atoms with Crippen molar-refractivity contribution in [2.45, 2.75) is 32.1 Å². The van der Waals surface area contributed by atoms with Gasteiger partial charge in [-0.2, -0.15) is 4.99 Å². The first kappa shape index (κ1) is 19.8. The highest BCUT2D eigenvalue weighted by Crippen LogP contribution is 2.29. The molecule has 1 aliphatic heterocycles. The van der Waals surface area contributed by atoms with E-state index >= 15 is 0 Å². The van der Waals surface area contributed by atoms with E-state index in [1.165, 1.54) is 11.0 Å². The molecule has 7 heteroatoms. The summed E-state index contributed by atoms with van der Waals surface area (Å²) >= 11 is 0. The lowest BCUT2D eigenvalue weighted by atomic mass is 9.95. The number of nitrogens with zero attached hydrogens (tertiary/aromatic N) is 3. The van der Waals surface area contributed by atoms with Gasteiger partial charge in [0.15, 0.2) is 0 Å². The Morgan fingerprint density at radius 1 is 1.20 bits per heavy atom. The number of hydrogen-bond acceptors (Lipinski definition) is 4. The number of halogens is 1. The minimum absolute atomic E-state index is 0.0226. The van der Waals surface area contributed by atoms with E-state index < -0.39 is 0 Å². The minimum atomic E-state index is -0.248. The van der Waals surface area contributed by atoms with E-state index in [1.807, 2.05) is 37.3 Å². The van der Waals surface area contributed by atoms with Crippen LogP contribution in [0.1, 0.15) is 43.4 Å². The molecule has 154 valence electrons. The topological polar surface area (TPSA) is 84.7 Å². The molecular weight excluding hydrogens is 383 g/mol. The predicted octanol–water partition coefficient (Wildman–Crippen LogP) is 4.59. The van der Waals surface area contributed by atoms with Gasteiger partial charge in [0.2, 0.25) is 11.9 Å². The summed E-state index contributed by atoms with van der Waals surface area (Å²) in [7, 11) is 0. The number of rotatable bonds is 4. The Balaban J connectivity index is 1.50. The number of carbonyl (C=O) groups is 1. The molecule has 0 aliphatic carbocycles. The SMILES string of the molecule is CC(c1ccc(-c2ccccc2F)cc1)c1cc(/N=C(/N)N2CCCCC2=O)on1. The average molecular weight is 406 g/mol. The molecule has 1 atom stereocenters. The number of aromatic nitrogens is 1. The smallest absolute Gasteiger partial charge is 0.253 e. The first-order valence-electron chi connectivity index (χ1n) is 9.99. The van der Waals surface area contributed by atoms with Crippen LogP contribution in [-0.4, -0.2) is 28.5 Å². The molecular formula is C23H23FN4O2. The van der Waals surface area contributed by atoms with E-state index in [1.54, 1.807) is 18.2 Å². The van der Waals surface area contributed by atoms with Gasteiger partial charge in [0, 0.05) is 30.5 Å². The van der Waals surface area contributed by atoms with Crippen LogP contribution in [0.25, 0.3) is 11.1 Å². The molecule has 2 heterocycles. The Labute approximate surface area is 174 Å². The molecule has 1 aromatic heterocycles. The number of benzene rings is 2. The summed E-state index contributed by atoms with van der Waals surface area (Å²) in [5.41, 5.74) is 9.08. The third-order valence-electron chi connectivity index (χ3n) is 5.38. The fraction of sp³-hybridized carbons (Fsp3) is 0.261. The molecule has 1 aliphatic rings. The quantitative estimate of drug-likeness (QED) is 0.507. The second-order valence-corrected chi connectivity index (χ2v) is 7.39. The molecule has 0 bridgehead atoms. The molecule has 4 rings (SSSR count). The zero-order valence-electron chi connectivity index (χ0n) is 16.7. The van der Waals surface area contributed by atoms with Gasteiger partial charge in [0.1, 0.15) is 5.82 Å². The number of nitrogens with two attached hydrogens (primary N) is 1. The van der Waals surface area contributed by atoms with Gasteiger partial charge in [-0.15, -0.1) is 0 Å². The van der Waals surface area contributed by atoms with Gasteiger partial charge < -0.3 is 10.3 Å². The normalized spacial score (nSPS) is 16.0. The zero-order chi connectivity index (χ0) is 21.1. The molecule has 3 aromatic rings. The monoisotopic (exact) mass is 406 g/mol. The van der Waals surface area contributed by atoms with Crippen LogP contribution in [-0.2, 0) is 4.79 Å². The molecule has 2 N–H and O–H groups in total. The minimum Gasteiger partial charge on any atom is -0.369 e. The fourth-order valence-corrected chi connectivity index (χ4v) is 3.57. The van der Waals surface area contributed by atoms with Crippen molar-refractivity contribution in [3.05, 3.63) is 71.7 Å². The summed E-state index contributed by atoms with van der Waals surface area (Å²) in [6, 6.07) is 16.1. The second-order valence-electron chi connectivity index (χ2n) is 7.39. The van der Waals surface area contributed by atoms with Crippen molar-refractivity contribution >= 4 is 17.8 Å². The predicted molar refractivity (Wildman–Crippen MR) is 113 cm³/mol. The molecule has 0 saturated carbocycles. The molecule has 1 unspecified atom stereocenters. The van der Waals surface area contributed by atoms with Crippen LogP contribution < -0.4 is 5.73 Å².